The maximum Gasteiger partial charge on any atom is 0.253 e. The fraction of sp³-hybridized carbons (Fsp3) is 0.364. The fourth-order valence-electron chi connectivity index (χ4n) is 3.19. The lowest BCUT2D eigenvalue weighted by molar-refractivity contribution is -0.857. The molecule has 0 spiro atoms. The van der Waals surface area contributed by atoms with Crippen LogP contribution in [0, 0.1) is 13.8 Å². The number of hydrogen-bond acceptors (Lipinski definition) is 3. The van der Waals surface area contributed by atoms with Crippen LogP contribution in [0.2, 0.25) is 0 Å². The summed E-state index contributed by atoms with van der Waals surface area (Å²) in [6.07, 6.45) is 1.64. The number of likely N-dealkylation sites (N-methyl/N-ethyl adjacent to an activating group) is 1. The van der Waals surface area contributed by atoms with Crippen LogP contribution in [0.1, 0.15) is 22.5 Å². The largest absolute Gasteiger partial charge is 0.467 e. The van der Waals surface area contributed by atoms with Gasteiger partial charge in [-0.3, -0.25) is 4.79 Å². The van der Waals surface area contributed by atoms with Gasteiger partial charge in [0.1, 0.15) is 5.76 Å². The van der Waals surface area contributed by atoms with Gasteiger partial charge in [0.05, 0.1) is 52.1 Å². The number of rotatable bonds is 7. The Bertz CT molecular complexity index is 1040. The summed E-state index contributed by atoms with van der Waals surface area (Å²) in [6, 6.07) is 9.88. The average molecular weight is 414 g/mol. The van der Waals surface area contributed by atoms with Crippen molar-refractivity contribution >= 4 is 28.2 Å². The van der Waals surface area contributed by atoms with Crippen LogP contribution in [0.25, 0.3) is 10.9 Å². The third-order valence-corrected chi connectivity index (χ3v) is 5.55. The van der Waals surface area contributed by atoms with Crippen LogP contribution in [-0.2, 0) is 13.1 Å². The summed E-state index contributed by atoms with van der Waals surface area (Å²) in [5.41, 5.74) is 3.81. The zero-order valence-corrected chi connectivity index (χ0v) is 18.3. The number of hydrogen-bond donors (Lipinski definition) is 3. The average Bonchev–Trinajstić information content (AvgIpc) is 3.20. The van der Waals surface area contributed by atoms with Gasteiger partial charge in [-0.25, -0.2) is 0 Å². The van der Waals surface area contributed by atoms with E-state index in [9.17, 15) is 4.79 Å². The molecule has 3 N–H and O–H groups in total. The zero-order valence-electron chi connectivity index (χ0n) is 17.5. The monoisotopic (exact) mass is 413 g/mol. The van der Waals surface area contributed by atoms with Gasteiger partial charge in [0.2, 0.25) is 0 Å². The minimum Gasteiger partial charge on any atom is -0.467 e. The first-order chi connectivity index (χ1) is 13.8. The standard InChI is InChI=1S/C22H28N4O2S/c1-15-7-8-17-12-18(21(27)24-20(17)16(15)2)14-26(10-9-25(3)4)22(29)23-13-19-6-5-11-28-19/h5-8,11-12H,9-10,13-14H2,1-4H3,(H,23,29)(H,24,27)/p+1. The Morgan fingerprint density at radius 2 is 2.07 bits per heavy atom. The number of aromatic amines is 1. The number of nitrogens with zero attached hydrogens (tertiary/aromatic N) is 1. The molecular formula is C22H29N4O2S+. The second-order valence-corrected chi connectivity index (χ2v) is 8.10. The summed E-state index contributed by atoms with van der Waals surface area (Å²) in [5.74, 6) is 0.819. The van der Waals surface area contributed by atoms with Crippen LogP contribution >= 0.6 is 12.2 Å². The number of H-pyrrole nitrogens is 1. The van der Waals surface area contributed by atoms with Crippen molar-refractivity contribution in [3.8, 4) is 0 Å². The van der Waals surface area contributed by atoms with Gasteiger partial charge in [0.15, 0.2) is 5.11 Å². The number of pyridine rings is 1. The summed E-state index contributed by atoms with van der Waals surface area (Å²) < 4.78 is 5.37. The molecule has 7 heteroatoms. The molecule has 2 heterocycles. The van der Waals surface area contributed by atoms with Crippen molar-refractivity contribution in [1.82, 2.24) is 15.2 Å². The Morgan fingerprint density at radius 3 is 2.76 bits per heavy atom. The highest BCUT2D eigenvalue weighted by Gasteiger charge is 2.15. The van der Waals surface area contributed by atoms with E-state index in [1.165, 1.54) is 10.5 Å². The number of nitrogens with one attached hydrogen (secondary N) is 3. The van der Waals surface area contributed by atoms with Crippen LogP contribution in [0.4, 0.5) is 0 Å². The van der Waals surface area contributed by atoms with Crippen molar-refractivity contribution in [3.05, 3.63) is 69.4 Å². The van der Waals surface area contributed by atoms with E-state index in [2.05, 4.69) is 43.5 Å². The normalized spacial score (nSPS) is 11.2. The fourth-order valence-corrected chi connectivity index (χ4v) is 3.42. The molecule has 0 fully saturated rings. The summed E-state index contributed by atoms with van der Waals surface area (Å²) in [4.78, 5) is 19.2. The van der Waals surface area contributed by atoms with E-state index >= 15 is 0 Å². The first-order valence-electron chi connectivity index (χ1n) is 9.81. The molecule has 0 saturated heterocycles. The molecule has 0 aliphatic rings. The molecule has 3 rings (SSSR count). The van der Waals surface area contributed by atoms with E-state index in [1.54, 1.807) is 6.26 Å². The molecular weight excluding hydrogens is 384 g/mol. The minimum atomic E-state index is -0.0674. The number of benzene rings is 1. The Hall–Kier alpha value is -2.64. The van der Waals surface area contributed by atoms with Crippen molar-refractivity contribution in [2.24, 2.45) is 0 Å². The van der Waals surface area contributed by atoms with Crippen LogP contribution in [0.15, 0.2) is 45.8 Å². The minimum absolute atomic E-state index is 0.0674. The number of quaternary nitrogens is 1. The predicted molar refractivity (Wildman–Crippen MR) is 120 cm³/mol. The summed E-state index contributed by atoms with van der Waals surface area (Å²) in [5, 5.41) is 4.89. The highest BCUT2D eigenvalue weighted by Crippen LogP contribution is 2.19. The number of furan rings is 1. The highest BCUT2D eigenvalue weighted by molar-refractivity contribution is 7.80. The maximum atomic E-state index is 12.8. The lowest BCUT2D eigenvalue weighted by Gasteiger charge is -2.26. The lowest BCUT2D eigenvalue weighted by atomic mass is 10.0. The molecule has 0 bridgehead atoms. The molecule has 0 radical (unpaired) electrons. The number of aromatic nitrogens is 1. The Labute approximate surface area is 176 Å². The van der Waals surface area contributed by atoms with E-state index in [-0.39, 0.29) is 5.56 Å². The molecule has 0 aliphatic heterocycles. The SMILES string of the molecule is Cc1ccc2cc(CN(CC[NH+](C)C)C(=S)NCc3ccco3)c(=O)[nH]c2c1C. The summed E-state index contributed by atoms with van der Waals surface area (Å²) in [7, 11) is 4.21. The van der Waals surface area contributed by atoms with Gasteiger partial charge < -0.3 is 24.5 Å². The van der Waals surface area contributed by atoms with Gasteiger partial charge in [0, 0.05) is 5.56 Å². The Kier molecular flexibility index (Phi) is 6.71. The van der Waals surface area contributed by atoms with Crippen molar-refractivity contribution < 1.29 is 9.32 Å². The molecule has 0 amide bonds. The van der Waals surface area contributed by atoms with Crippen molar-refractivity contribution in [1.29, 1.82) is 0 Å². The molecule has 0 atom stereocenters. The van der Waals surface area contributed by atoms with Gasteiger partial charge in [0.25, 0.3) is 5.56 Å². The van der Waals surface area contributed by atoms with Crippen LogP contribution in [0.5, 0.6) is 0 Å². The summed E-state index contributed by atoms with van der Waals surface area (Å²) in [6.45, 7) is 6.71. The molecule has 154 valence electrons. The van der Waals surface area contributed by atoms with Gasteiger partial charge in [-0.15, -0.1) is 0 Å². The topological polar surface area (TPSA) is 65.7 Å². The maximum absolute atomic E-state index is 12.8. The lowest BCUT2D eigenvalue weighted by Crippen LogP contribution is -3.06. The first kappa shape index (κ1) is 21.1. The third kappa shape index (κ3) is 5.25. The quantitative estimate of drug-likeness (QED) is 0.515. The highest BCUT2D eigenvalue weighted by atomic mass is 32.1. The second kappa shape index (κ2) is 9.24. The van der Waals surface area contributed by atoms with E-state index in [4.69, 9.17) is 16.6 Å². The molecule has 29 heavy (non-hydrogen) atoms. The van der Waals surface area contributed by atoms with Crippen LogP contribution in [0.3, 0.4) is 0 Å². The molecule has 1 aromatic carbocycles. The van der Waals surface area contributed by atoms with E-state index in [0.29, 0.717) is 23.8 Å². The number of thiocarbonyl (C=S) groups is 1. The van der Waals surface area contributed by atoms with Crippen molar-refractivity contribution in [2.45, 2.75) is 26.9 Å². The van der Waals surface area contributed by atoms with E-state index in [1.807, 2.05) is 30.0 Å². The van der Waals surface area contributed by atoms with Crippen LogP contribution in [-0.4, -0.2) is 42.2 Å². The predicted octanol–water partition coefficient (Wildman–Crippen LogP) is 1.76. The van der Waals surface area contributed by atoms with Crippen molar-refractivity contribution in [3.63, 3.8) is 0 Å². The molecule has 0 saturated carbocycles. The molecule has 0 aliphatic carbocycles. The number of fused-ring (bicyclic) bond motifs is 1. The van der Waals surface area contributed by atoms with Crippen LogP contribution < -0.4 is 15.8 Å². The van der Waals surface area contributed by atoms with Gasteiger partial charge in [-0.05, 0) is 60.8 Å². The van der Waals surface area contributed by atoms with Gasteiger partial charge in [-0.2, -0.15) is 0 Å². The number of aryl methyl sites for hydroxylation is 2. The Morgan fingerprint density at radius 1 is 1.28 bits per heavy atom. The van der Waals surface area contributed by atoms with Crippen molar-refractivity contribution in [2.75, 3.05) is 27.2 Å². The van der Waals surface area contributed by atoms with Gasteiger partial charge >= 0.3 is 0 Å². The molecule has 6 nitrogen and oxygen atoms in total. The summed E-state index contributed by atoms with van der Waals surface area (Å²) >= 11 is 5.63. The van der Waals surface area contributed by atoms with E-state index in [0.717, 1.165) is 35.3 Å². The zero-order chi connectivity index (χ0) is 21.0. The smallest absolute Gasteiger partial charge is 0.253 e. The molecule has 3 aromatic rings. The van der Waals surface area contributed by atoms with E-state index < -0.39 is 0 Å². The Balaban J connectivity index is 1.82. The molecule has 2 aromatic heterocycles. The van der Waals surface area contributed by atoms with Gasteiger partial charge in [-0.1, -0.05) is 12.1 Å². The molecule has 0 unspecified atom stereocenters. The second-order valence-electron chi connectivity index (χ2n) is 7.71. The third-order valence-electron chi connectivity index (χ3n) is 5.15. The first-order valence-corrected chi connectivity index (χ1v) is 10.2.